The molecule has 0 fully saturated rings. The molecule has 0 bridgehead atoms. The van der Waals surface area contributed by atoms with E-state index in [9.17, 15) is 0 Å². The van der Waals surface area contributed by atoms with Crippen molar-refractivity contribution in [3.63, 3.8) is 0 Å². The molecule has 2 nitrogen and oxygen atoms in total. The van der Waals surface area contributed by atoms with Crippen molar-refractivity contribution in [3.8, 4) is 0 Å². The van der Waals surface area contributed by atoms with Gasteiger partial charge in [0, 0.05) is 24.3 Å². The second-order valence-electron chi connectivity index (χ2n) is 3.27. The highest BCUT2D eigenvalue weighted by molar-refractivity contribution is 9.09. The standard InChI is InChI=1S/C11H17BrN2/c1-2-14(9-3-6-12)10-11-4-7-13-8-5-11/h4-5,7-8H,2-3,6,9-10H2,1H3. The maximum absolute atomic E-state index is 4.01. The summed E-state index contributed by atoms with van der Waals surface area (Å²) in [6.45, 7) is 5.50. The smallest absolute Gasteiger partial charge is 0.0271 e. The second kappa shape index (κ2) is 6.96. The van der Waals surface area contributed by atoms with Crippen molar-refractivity contribution in [1.29, 1.82) is 0 Å². The van der Waals surface area contributed by atoms with Crippen molar-refractivity contribution in [2.24, 2.45) is 0 Å². The van der Waals surface area contributed by atoms with Gasteiger partial charge in [-0.25, -0.2) is 0 Å². The molecule has 14 heavy (non-hydrogen) atoms. The first-order valence-electron chi connectivity index (χ1n) is 5.04. The number of alkyl halides is 1. The summed E-state index contributed by atoms with van der Waals surface area (Å²) < 4.78 is 0. The highest BCUT2D eigenvalue weighted by atomic mass is 79.9. The SMILES string of the molecule is CCN(CCCBr)Cc1ccncc1. The Morgan fingerprint density at radius 3 is 2.64 bits per heavy atom. The second-order valence-corrected chi connectivity index (χ2v) is 4.06. The van der Waals surface area contributed by atoms with E-state index in [-0.39, 0.29) is 0 Å². The molecule has 0 spiro atoms. The van der Waals surface area contributed by atoms with Crippen LogP contribution in [0.3, 0.4) is 0 Å². The first-order valence-corrected chi connectivity index (χ1v) is 6.16. The summed E-state index contributed by atoms with van der Waals surface area (Å²) in [5.74, 6) is 0. The molecule has 1 aromatic heterocycles. The van der Waals surface area contributed by atoms with E-state index in [0.29, 0.717) is 0 Å². The van der Waals surface area contributed by atoms with E-state index in [1.807, 2.05) is 12.4 Å². The molecule has 1 heterocycles. The van der Waals surface area contributed by atoms with Gasteiger partial charge in [-0.2, -0.15) is 0 Å². The predicted molar refractivity (Wildman–Crippen MR) is 63.6 cm³/mol. The Bertz CT molecular complexity index is 238. The third kappa shape index (κ3) is 4.20. The van der Waals surface area contributed by atoms with Crippen LogP contribution < -0.4 is 0 Å². The minimum absolute atomic E-state index is 1.03. The van der Waals surface area contributed by atoms with Gasteiger partial charge < -0.3 is 0 Å². The van der Waals surface area contributed by atoms with E-state index in [0.717, 1.165) is 25.0 Å². The minimum Gasteiger partial charge on any atom is -0.299 e. The number of rotatable bonds is 6. The normalized spacial score (nSPS) is 10.8. The number of hydrogen-bond acceptors (Lipinski definition) is 2. The van der Waals surface area contributed by atoms with Crippen LogP contribution in [0.1, 0.15) is 18.9 Å². The average Bonchev–Trinajstić information content (AvgIpc) is 2.25. The number of aromatic nitrogens is 1. The molecule has 0 saturated carbocycles. The fraction of sp³-hybridized carbons (Fsp3) is 0.545. The lowest BCUT2D eigenvalue weighted by atomic mass is 10.2. The van der Waals surface area contributed by atoms with Crippen LogP contribution in [0.4, 0.5) is 0 Å². The fourth-order valence-corrected chi connectivity index (χ4v) is 1.63. The lowest BCUT2D eigenvalue weighted by molar-refractivity contribution is 0.281. The lowest BCUT2D eigenvalue weighted by Gasteiger charge is -2.19. The van der Waals surface area contributed by atoms with E-state index in [4.69, 9.17) is 0 Å². The maximum atomic E-state index is 4.01. The Kier molecular flexibility index (Phi) is 5.80. The lowest BCUT2D eigenvalue weighted by Crippen LogP contribution is -2.24. The van der Waals surface area contributed by atoms with Gasteiger partial charge in [-0.3, -0.25) is 9.88 Å². The molecule has 0 aliphatic heterocycles. The van der Waals surface area contributed by atoms with Gasteiger partial charge in [0.15, 0.2) is 0 Å². The molecule has 0 atom stereocenters. The molecule has 1 rings (SSSR count). The number of pyridine rings is 1. The molecule has 0 N–H and O–H groups in total. The highest BCUT2D eigenvalue weighted by Crippen LogP contribution is 2.04. The fourth-order valence-electron chi connectivity index (χ4n) is 1.38. The van der Waals surface area contributed by atoms with Crippen LogP contribution in [-0.4, -0.2) is 28.3 Å². The molecular weight excluding hydrogens is 240 g/mol. The van der Waals surface area contributed by atoms with Crippen LogP contribution in [0.15, 0.2) is 24.5 Å². The Morgan fingerprint density at radius 1 is 1.36 bits per heavy atom. The third-order valence-corrected chi connectivity index (χ3v) is 2.77. The van der Waals surface area contributed by atoms with E-state index < -0.39 is 0 Å². The first-order chi connectivity index (χ1) is 6.86. The van der Waals surface area contributed by atoms with Crippen LogP contribution in [-0.2, 0) is 6.54 Å². The summed E-state index contributed by atoms with van der Waals surface area (Å²) in [4.78, 5) is 6.46. The molecule has 1 aromatic rings. The monoisotopic (exact) mass is 256 g/mol. The van der Waals surface area contributed by atoms with Gasteiger partial charge in [0.05, 0.1) is 0 Å². The zero-order chi connectivity index (χ0) is 10.2. The summed E-state index contributed by atoms with van der Waals surface area (Å²) in [5, 5.41) is 1.08. The number of hydrogen-bond donors (Lipinski definition) is 0. The average molecular weight is 257 g/mol. The Morgan fingerprint density at radius 2 is 2.07 bits per heavy atom. The van der Waals surface area contributed by atoms with Gasteiger partial charge in [0.1, 0.15) is 0 Å². The van der Waals surface area contributed by atoms with Crippen LogP contribution in [0, 0.1) is 0 Å². The Labute approximate surface area is 94.5 Å². The van der Waals surface area contributed by atoms with Crippen LogP contribution in [0.25, 0.3) is 0 Å². The molecule has 0 unspecified atom stereocenters. The summed E-state index contributed by atoms with van der Waals surface area (Å²) in [7, 11) is 0. The summed E-state index contributed by atoms with van der Waals surface area (Å²) >= 11 is 3.46. The molecule has 0 aromatic carbocycles. The molecule has 78 valence electrons. The zero-order valence-electron chi connectivity index (χ0n) is 8.62. The van der Waals surface area contributed by atoms with Gasteiger partial charge in [-0.1, -0.05) is 22.9 Å². The summed E-state index contributed by atoms with van der Waals surface area (Å²) in [5.41, 5.74) is 1.34. The molecule has 0 radical (unpaired) electrons. The quantitative estimate of drug-likeness (QED) is 0.728. The van der Waals surface area contributed by atoms with Crippen molar-refractivity contribution in [2.45, 2.75) is 19.9 Å². The maximum Gasteiger partial charge on any atom is 0.0271 e. The Hall–Kier alpha value is -0.410. The van der Waals surface area contributed by atoms with Crippen molar-refractivity contribution in [3.05, 3.63) is 30.1 Å². The largest absolute Gasteiger partial charge is 0.299 e. The van der Waals surface area contributed by atoms with E-state index in [1.54, 1.807) is 0 Å². The molecular formula is C11H17BrN2. The van der Waals surface area contributed by atoms with Gasteiger partial charge >= 0.3 is 0 Å². The number of halogens is 1. The third-order valence-electron chi connectivity index (χ3n) is 2.21. The van der Waals surface area contributed by atoms with Gasteiger partial charge in [-0.15, -0.1) is 0 Å². The summed E-state index contributed by atoms with van der Waals surface area (Å²) in [6.07, 6.45) is 4.92. The topological polar surface area (TPSA) is 16.1 Å². The minimum atomic E-state index is 1.03. The van der Waals surface area contributed by atoms with Crippen molar-refractivity contribution < 1.29 is 0 Å². The zero-order valence-corrected chi connectivity index (χ0v) is 10.2. The molecule has 0 aliphatic rings. The van der Waals surface area contributed by atoms with Crippen molar-refractivity contribution >= 4 is 15.9 Å². The number of nitrogens with zero attached hydrogens (tertiary/aromatic N) is 2. The van der Waals surface area contributed by atoms with E-state index in [2.05, 4.69) is 44.9 Å². The van der Waals surface area contributed by atoms with Crippen molar-refractivity contribution in [1.82, 2.24) is 9.88 Å². The molecule has 0 saturated heterocycles. The predicted octanol–water partition coefficient (Wildman–Crippen LogP) is 2.69. The van der Waals surface area contributed by atoms with Gasteiger partial charge in [-0.05, 0) is 37.2 Å². The Balaban J connectivity index is 2.40. The molecule has 0 amide bonds. The van der Waals surface area contributed by atoms with Crippen LogP contribution in [0.2, 0.25) is 0 Å². The molecule has 0 aliphatic carbocycles. The van der Waals surface area contributed by atoms with Crippen molar-refractivity contribution in [2.75, 3.05) is 18.4 Å². The van der Waals surface area contributed by atoms with Gasteiger partial charge in [0.25, 0.3) is 0 Å². The highest BCUT2D eigenvalue weighted by Gasteiger charge is 2.02. The summed E-state index contributed by atoms with van der Waals surface area (Å²) in [6, 6.07) is 4.16. The van der Waals surface area contributed by atoms with E-state index in [1.165, 1.54) is 12.0 Å². The van der Waals surface area contributed by atoms with E-state index >= 15 is 0 Å². The molecule has 3 heteroatoms. The van der Waals surface area contributed by atoms with Crippen LogP contribution >= 0.6 is 15.9 Å². The first kappa shape index (κ1) is 11.7. The van der Waals surface area contributed by atoms with Gasteiger partial charge in [0.2, 0.25) is 0 Å². The van der Waals surface area contributed by atoms with Crippen LogP contribution in [0.5, 0.6) is 0 Å².